The number of alkyl halides is 1. The zero-order chi connectivity index (χ0) is 5.28. The predicted octanol–water partition coefficient (Wildman–Crippen LogP) is 0.856. The second-order valence-corrected chi connectivity index (χ2v) is 2.11. The van der Waals surface area contributed by atoms with Gasteiger partial charge in [0.2, 0.25) is 0 Å². The summed E-state index contributed by atoms with van der Waals surface area (Å²) >= 11 is 5.67. The third-order valence-electron chi connectivity index (χ3n) is 1.02. The van der Waals surface area contributed by atoms with E-state index in [2.05, 4.69) is 6.08 Å². The molecule has 0 bridgehead atoms. The first-order valence-corrected chi connectivity index (χ1v) is 2.65. The van der Waals surface area contributed by atoms with E-state index in [9.17, 15) is 0 Å². The molecule has 0 amide bonds. The van der Waals surface area contributed by atoms with Gasteiger partial charge in [-0.25, -0.2) is 0 Å². The molecule has 39 valence electrons. The van der Waals surface area contributed by atoms with Crippen LogP contribution in [0.1, 0.15) is 0 Å². The highest BCUT2D eigenvalue weighted by molar-refractivity contribution is 6.21. The van der Waals surface area contributed by atoms with Crippen LogP contribution in [0.4, 0.5) is 0 Å². The molecule has 1 unspecified atom stereocenters. The summed E-state index contributed by atoms with van der Waals surface area (Å²) < 4.78 is 0. The first kappa shape index (κ1) is 5.13. The SMILES string of the molecule is CN1C[C]=CC1Cl. The van der Waals surface area contributed by atoms with E-state index in [-0.39, 0.29) is 5.50 Å². The Morgan fingerprint density at radius 3 is 2.86 bits per heavy atom. The monoisotopic (exact) mass is 116 g/mol. The molecule has 0 spiro atoms. The van der Waals surface area contributed by atoms with Gasteiger partial charge in [0, 0.05) is 6.54 Å². The molecule has 1 radical (unpaired) electrons. The van der Waals surface area contributed by atoms with Crippen molar-refractivity contribution in [3.63, 3.8) is 0 Å². The number of likely N-dealkylation sites (N-methyl/N-ethyl adjacent to an activating group) is 1. The molecule has 0 saturated carbocycles. The summed E-state index contributed by atoms with van der Waals surface area (Å²) in [6.45, 7) is 0.869. The fourth-order valence-electron chi connectivity index (χ4n) is 0.508. The molecule has 0 aromatic rings. The first-order chi connectivity index (χ1) is 3.30. The predicted molar refractivity (Wildman–Crippen MR) is 30.1 cm³/mol. The van der Waals surface area contributed by atoms with E-state index < -0.39 is 0 Å². The van der Waals surface area contributed by atoms with Crippen molar-refractivity contribution in [1.82, 2.24) is 4.90 Å². The first-order valence-electron chi connectivity index (χ1n) is 2.22. The van der Waals surface area contributed by atoms with E-state index in [1.807, 2.05) is 18.0 Å². The van der Waals surface area contributed by atoms with Crippen LogP contribution in [0.15, 0.2) is 6.08 Å². The largest absolute Gasteiger partial charge is 0.283 e. The molecule has 1 rings (SSSR count). The smallest absolute Gasteiger partial charge is 0.104 e. The Morgan fingerprint density at radius 2 is 2.71 bits per heavy atom. The molecule has 0 aliphatic carbocycles. The number of rotatable bonds is 0. The van der Waals surface area contributed by atoms with Crippen molar-refractivity contribution in [2.75, 3.05) is 13.6 Å². The Labute approximate surface area is 48.6 Å². The average Bonchev–Trinajstić information content (AvgIpc) is 1.91. The summed E-state index contributed by atoms with van der Waals surface area (Å²) in [6.07, 6.45) is 4.85. The van der Waals surface area contributed by atoms with Crippen LogP contribution in [0.3, 0.4) is 0 Å². The third kappa shape index (κ3) is 0.956. The van der Waals surface area contributed by atoms with Crippen LogP contribution in [0, 0.1) is 6.08 Å². The van der Waals surface area contributed by atoms with Crippen molar-refractivity contribution in [2.45, 2.75) is 5.50 Å². The number of hydrogen-bond acceptors (Lipinski definition) is 1. The normalized spacial score (nSPS) is 32.0. The molecule has 1 nitrogen and oxygen atoms in total. The number of hydrogen-bond donors (Lipinski definition) is 0. The molecule has 7 heavy (non-hydrogen) atoms. The molecule has 1 aliphatic heterocycles. The highest BCUT2D eigenvalue weighted by Crippen LogP contribution is 2.08. The lowest BCUT2D eigenvalue weighted by Crippen LogP contribution is -2.19. The molecule has 1 aliphatic rings. The molecule has 1 heterocycles. The van der Waals surface area contributed by atoms with Gasteiger partial charge in [-0.3, -0.25) is 4.90 Å². The van der Waals surface area contributed by atoms with Crippen LogP contribution in [0.25, 0.3) is 0 Å². The Balaban J connectivity index is 2.45. The molecule has 0 aromatic heterocycles. The average molecular weight is 117 g/mol. The van der Waals surface area contributed by atoms with E-state index in [4.69, 9.17) is 11.6 Å². The van der Waals surface area contributed by atoms with Gasteiger partial charge < -0.3 is 0 Å². The summed E-state index contributed by atoms with van der Waals surface area (Å²) in [4.78, 5) is 2.00. The summed E-state index contributed by atoms with van der Waals surface area (Å²) in [6, 6.07) is 0. The molecule has 0 fully saturated rings. The molecule has 0 saturated heterocycles. The maximum Gasteiger partial charge on any atom is 0.104 e. The van der Waals surface area contributed by atoms with Gasteiger partial charge in [-0.2, -0.15) is 0 Å². The second-order valence-electron chi connectivity index (χ2n) is 1.66. The van der Waals surface area contributed by atoms with Gasteiger partial charge in [0.1, 0.15) is 5.50 Å². The lowest BCUT2D eigenvalue weighted by atomic mass is 10.6. The van der Waals surface area contributed by atoms with Crippen LogP contribution in [0.5, 0.6) is 0 Å². The van der Waals surface area contributed by atoms with E-state index in [1.54, 1.807) is 0 Å². The fourth-order valence-corrected chi connectivity index (χ4v) is 0.666. The van der Waals surface area contributed by atoms with Crippen molar-refractivity contribution >= 4 is 11.6 Å². The van der Waals surface area contributed by atoms with E-state index >= 15 is 0 Å². The number of nitrogens with zero attached hydrogens (tertiary/aromatic N) is 1. The van der Waals surface area contributed by atoms with Gasteiger partial charge in [0.15, 0.2) is 0 Å². The minimum Gasteiger partial charge on any atom is -0.283 e. The second kappa shape index (κ2) is 1.85. The summed E-state index contributed by atoms with van der Waals surface area (Å²) in [5, 5.41) is 0. The molecule has 0 aromatic carbocycles. The summed E-state index contributed by atoms with van der Waals surface area (Å²) in [7, 11) is 1.97. The highest BCUT2D eigenvalue weighted by atomic mass is 35.5. The summed E-state index contributed by atoms with van der Waals surface area (Å²) in [5.41, 5.74) is 0.0833. The molecule has 2 heteroatoms. The van der Waals surface area contributed by atoms with Crippen LogP contribution in [-0.4, -0.2) is 24.0 Å². The lowest BCUT2D eigenvalue weighted by molar-refractivity contribution is 0.401. The zero-order valence-electron chi connectivity index (χ0n) is 4.19. The Kier molecular flexibility index (Phi) is 1.35. The van der Waals surface area contributed by atoms with Crippen LogP contribution < -0.4 is 0 Å². The Bertz CT molecular complexity index is 90.1. The minimum atomic E-state index is 0.0833. The van der Waals surface area contributed by atoms with Crippen molar-refractivity contribution in [1.29, 1.82) is 0 Å². The topological polar surface area (TPSA) is 3.24 Å². The molecular formula is C5H7ClN. The standard InChI is InChI=1S/C5H7ClN/c1-7-4-2-3-5(7)6/h3,5H,4H2,1H3. The quantitative estimate of drug-likeness (QED) is 0.335. The summed E-state index contributed by atoms with van der Waals surface area (Å²) in [5.74, 6) is 0. The Morgan fingerprint density at radius 1 is 2.00 bits per heavy atom. The van der Waals surface area contributed by atoms with Crippen molar-refractivity contribution < 1.29 is 0 Å². The maximum absolute atomic E-state index is 5.67. The van der Waals surface area contributed by atoms with Crippen LogP contribution >= 0.6 is 11.6 Å². The molecule has 1 atom stereocenters. The van der Waals surface area contributed by atoms with Gasteiger partial charge in [-0.1, -0.05) is 0 Å². The van der Waals surface area contributed by atoms with Crippen LogP contribution in [-0.2, 0) is 0 Å². The minimum absolute atomic E-state index is 0.0833. The third-order valence-corrected chi connectivity index (χ3v) is 1.48. The van der Waals surface area contributed by atoms with E-state index in [1.165, 1.54) is 0 Å². The fraction of sp³-hybridized carbons (Fsp3) is 0.600. The van der Waals surface area contributed by atoms with Gasteiger partial charge in [-0.05, 0) is 19.2 Å². The van der Waals surface area contributed by atoms with Crippen molar-refractivity contribution in [3.05, 3.63) is 12.2 Å². The Hall–Kier alpha value is -0.0100. The highest BCUT2D eigenvalue weighted by Gasteiger charge is 2.10. The molecule has 0 N–H and O–H groups in total. The van der Waals surface area contributed by atoms with Gasteiger partial charge >= 0.3 is 0 Å². The van der Waals surface area contributed by atoms with Gasteiger partial charge in [0.05, 0.1) is 0 Å². The van der Waals surface area contributed by atoms with Gasteiger partial charge in [-0.15, -0.1) is 11.6 Å². The van der Waals surface area contributed by atoms with E-state index in [0.717, 1.165) is 6.54 Å². The van der Waals surface area contributed by atoms with Gasteiger partial charge in [0.25, 0.3) is 0 Å². The zero-order valence-corrected chi connectivity index (χ0v) is 4.94. The number of halogens is 1. The van der Waals surface area contributed by atoms with Crippen LogP contribution in [0.2, 0.25) is 0 Å². The lowest BCUT2D eigenvalue weighted by Gasteiger charge is -2.09. The van der Waals surface area contributed by atoms with E-state index in [0.29, 0.717) is 0 Å². The van der Waals surface area contributed by atoms with Crippen molar-refractivity contribution in [2.24, 2.45) is 0 Å². The molecular weight excluding hydrogens is 110 g/mol. The maximum atomic E-state index is 5.67. The van der Waals surface area contributed by atoms with Crippen molar-refractivity contribution in [3.8, 4) is 0 Å².